The Morgan fingerprint density at radius 2 is 2.05 bits per heavy atom. The lowest BCUT2D eigenvalue weighted by Crippen LogP contribution is -2.39. The number of nitrogens with one attached hydrogen (secondary N) is 2. The molecule has 7 heteroatoms. The van der Waals surface area contributed by atoms with Gasteiger partial charge in [-0.05, 0) is 12.1 Å². The maximum Gasteiger partial charge on any atom is 0.225 e. The summed E-state index contributed by atoms with van der Waals surface area (Å²) in [4.78, 5) is 11.6. The number of amides is 1. The minimum absolute atomic E-state index is 0.0869. The Kier molecular flexibility index (Phi) is 5.13. The molecule has 0 aliphatic rings. The molecule has 1 amide bonds. The van der Waals surface area contributed by atoms with Crippen LogP contribution in [0.1, 0.15) is 26.5 Å². The van der Waals surface area contributed by atoms with Gasteiger partial charge >= 0.3 is 0 Å². The first-order valence-electron chi connectivity index (χ1n) is 5.99. The number of furan rings is 1. The lowest BCUT2D eigenvalue weighted by molar-refractivity contribution is -0.128. The van der Waals surface area contributed by atoms with Crippen molar-refractivity contribution < 1.29 is 17.6 Å². The Hall–Kier alpha value is -1.34. The molecule has 0 aliphatic carbocycles. The average Bonchev–Trinajstić information content (AvgIpc) is 2.77. The van der Waals surface area contributed by atoms with Gasteiger partial charge < -0.3 is 9.73 Å². The maximum atomic E-state index is 11.7. The molecule has 1 aromatic rings. The number of hydrogen-bond donors (Lipinski definition) is 2. The summed E-state index contributed by atoms with van der Waals surface area (Å²) in [5, 5.41) is 2.59. The zero-order valence-corrected chi connectivity index (χ0v) is 12.2. The first-order chi connectivity index (χ1) is 8.71. The van der Waals surface area contributed by atoms with E-state index in [1.807, 2.05) is 0 Å². The van der Waals surface area contributed by atoms with E-state index in [-0.39, 0.29) is 24.7 Å². The van der Waals surface area contributed by atoms with Crippen molar-refractivity contribution in [3.05, 3.63) is 24.2 Å². The lowest BCUT2D eigenvalue weighted by Gasteiger charge is -2.17. The van der Waals surface area contributed by atoms with Gasteiger partial charge in [-0.15, -0.1) is 0 Å². The average molecular weight is 288 g/mol. The number of carbonyl (C=O) groups excluding carboxylic acids is 1. The first kappa shape index (κ1) is 15.7. The molecule has 2 N–H and O–H groups in total. The molecule has 1 heterocycles. The van der Waals surface area contributed by atoms with E-state index >= 15 is 0 Å². The second-order valence-electron chi connectivity index (χ2n) is 5.23. The fraction of sp³-hybridized carbons (Fsp3) is 0.583. The van der Waals surface area contributed by atoms with Crippen LogP contribution in [0.3, 0.4) is 0 Å². The van der Waals surface area contributed by atoms with Gasteiger partial charge in [0.25, 0.3) is 0 Å². The molecule has 1 aromatic heterocycles. The molecule has 0 saturated heterocycles. The molecule has 6 nitrogen and oxygen atoms in total. The highest BCUT2D eigenvalue weighted by atomic mass is 32.2. The minimum atomic E-state index is -3.42. The van der Waals surface area contributed by atoms with E-state index in [1.165, 1.54) is 6.26 Å². The van der Waals surface area contributed by atoms with Crippen molar-refractivity contribution in [2.75, 3.05) is 12.3 Å². The highest BCUT2D eigenvalue weighted by Crippen LogP contribution is 2.11. The van der Waals surface area contributed by atoms with Gasteiger partial charge in [0.2, 0.25) is 15.9 Å². The van der Waals surface area contributed by atoms with Crippen LogP contribution in [-0.4, -0.2) is 26.6 Å². The van der Waals surface area contributed by atoms with E-state index in [2.05, 4.69) is 10.0 Å². The Morgan fingerprint density at radius 1 is 1.37 bits per heavy atom. The third-order valence-electron chi connectivity index (χ3n) is 2.38. The predicted octanol–water partition coefficient (Wildman–Crippen LogP) is 0.861. The van der Waals surface area contributed by atoms with Gasteiger partial charge in [-0.3, -0.25) is 4.79 Å². The molecule has 0 atom stereocenters. The Balaban J connectivity index is 2.33. The second-order valence-corrected chi connectivity index (χ2v) is 7.15. The summed E-state index contributed by atoms with van der Waals surface area (Å²) in [6, 6.07) is 3.37. The second kappa shape index (κ2) is 6.21. The van der Waals surface area contributed by atoms with Crippen molar-refractivity contribution in [2.24, 2.45) is 5.41 Å². The predicted molar refractivity (Wildman–Crippen MR) is 71.8 cm³/mol. The van der Waals surface area contributed by atoms with Gasteiger partial charge in [0.15, 0.2) is 0 Å². The Morgan fingerprint density at radius 3 is 2.58 bits per heavy atom. The lowest BCUT2D eigenvalue weighted by atomic mass is 9.96. The van der Waals surface area contributed by atoms with Crippen molar-refractivity contribution in [2.45, 2.75) is 27.3 Å². The van der Waals surface area contributed by atoms with Crippen LogP contribution in [0.25, 0.3) is 0 Å². The highest BCUT2D eigenvalue weighted by Gasteiger charge is 2.21. The molecule has 0 fully saturated rings. The van der Waals surface area contributed by atoms with Crippen molar-refractivity contribution in [1.82, 2.24) is 10.0 Å². The van der Waals surface area contributed by atoms with Crippen LogP contribution in [0.2, 0.25) is 0 Å². The molecule has 0 aliphatic heterocycles. The van der Waals surface area contributed by atoms with E-state index < -0.39 is 15.4 Å². The number of hydrogen-bond acceptors (Lipinski definition) is 4. The monoisotopic (exact) mass is 288 g/mol. The van der Waals surface area contributed by atoms with E-state index in [0.717, 1.165) is 0 Å². The van der Waals surface area contributed by atoms with Gasteiger partial charge in [0.05, 0.1) is 18.6 Å². The van der Waals surface area contributed by atoms with Crippen molar-refractivity contribution in [3.8, 4) is 0 Å². The van der Waals surface area contributed by atoms with Crippen LogP contribution in [0.4, 0.5) is 0 Å². The molecule has 0 radical (unpaired) electrons. The van der Waals surface area contributed by atoms with Gasteiger partial charge in [0, 0.05) is 12.0 Å². The number of carbonyl (C=O) groups is 1. The molecule has 0 spiro atoms. The summed E-state index contributed by atoms with van der Waals surface area (Å²) in [7, 11) is -3.42. The van der Waals surface area contributed by atoms with Crippen LogP contribution in [0.15, 0.2) is 22.8 Å². The molecule has 0 saturated carbocycles. The van der Waals surface area contributed by atoms with Crippen LogP contribution in [-0.2, 0) is 21.4 Å². The summed E-state index contributed by atoms with van der Waals surface area (Å²) in [5.41, 5.74) is -0.522. The third-order valence-corrected chi connectivity index (χ3v) is 3.71. The standard InChI is InChI=1S/C12H20N2O4S/c1-12(2,3)11(15)13-6-8-19(16,17)14-9-10-5-4-7-18-10/h4-5,7,14H,6,8-9H2,1-3H3,(H,13,15). The van der Waals surface area contributed by atoms with Crippen LogP contribution in [0.5, 0.6) is 0 Å². The summed E-state index contributed by atoms with van der Waals surface area (Å²) in [6.45, 7) is 5.51. The van der Waals surface area contributed by atoms with E-state index in [9.17, 15) is 13.2 Å². The summed E-state index contributed by atoms with van der Waals surface area (Å²) in [5.74, 6) is 0.214. The SMILES string of the molecule is CC(C)(C)C(=O)NCCS(=O)(=O)NCc1ccco1. The fourth-order valence-corrected chi connectivity index (χ4v) is 2.11. The Bertz CT molecular complexity index is 500. The zero-order valence-electron chi connectivity index (χ0n) is 11.4. The van der Waals surface area contributed by atoms with Crippen molar-refractivity contribution >= 4 is 15.9 Å². The fourth-order valence-electron chi connectivity index (χ4n) is 1.23. The van der Waals surface area contributed by atoms with Gasteiger partial charge in [0.1, 0.15) is 5.76 Å². The molecule has 0 bridgehead atoms. The Labute approximate surface area is 113 Å². The zero-order chi connectivity index (χ0) is 14.5. The number of sulfonamides is 1. The molecule has 108 valence electrons. The van der Waals surface area contributed by atoms with E-state index in [4.69, 9.17) is 4.42 Å². The van der Waals surface area contributed by atoms with E-state index in [1.54, 1.807) is 32.9 Å². The van der Waals surface area contributed by atoms with Gasteiger partial charge in [-0.1, -0.05) is 20.8 Å². The summed E-state index contributed by atoms with van der Waals surface area (Å²) >= 11 is 0. The molecule has 0 aromatic carbocycles. The molecular formula is C12H20N2O4S. The smallest absolute Gasteiger partial charge is 0.225 e. The topological polar surface area (TPSA) is 88.4 Å². The maximum absolute atomic E-state index is 11.7. The molecule has 1 rings (SSSR count). The van der Waals surface area contributed by atoms with Crippen LogP contribution < -0.4 is 10.0 Å². The van der Waals surface area contributed by atoms with Gasteiger partial charge in [-0.2, -0.15) is 0 Å². The number of rotatable bonds is 6. The molecular weight excluding hydrogens is 268 g/mol. The summed E-state index contributed by atoms with van der Waals surface area (Å²) in [6.07, 6.45) is 1.48. The van der Waals surface area contributed by atoms with Gasteiger partial charge in [-0.25, -0.2) is 13.1 Å². The van der Waals surface area contributed by atoms with Crippen LogP contribution >= 0.6 is 0 Å². The normalized spacial score (nSPS) is 12.4. The van der Waals surface area contributed by atoms with E-state index in [0.29, 0.717) is 5.76 Å². The first-order valence-corrected chi connectivity index (χ1v) is 7.64. The van der Waals surface area contributed by atoms with Crippen molar-refractivity contribution in [3.63, 3.8) is 0 Å². The van der Waals surface area contributed by atoms with Crippen LogP contribution in [0, 0.1) is 5.41 Å². The molecule has 0 unspecified atom stereocenters. The third kappa shape index (κ3) is 5.89. The largest absolute Gasteiger partial charge is 0.468 e. The molecule has 19 heavy (non-hydrogen) atoms. The quantitative estimate of drug-likeness (QED) is 0.812. The van der Waals surface area contributed by atoms with Crippen molar-refractivity contribution in [1.29, 1.82) is 0 Å². The highest BCUT2D eigenvalue weighted by molar-refractivity contribution is 7.89. The minimum Gasteiger partial charge on any atom is -0.468 e. The summed E-state index contributed by atoms with van der Waals surface area (Å²) < 4.78 is 30.7.